The summed E-state index contributed by atoms with van der Waals surface area (Å²) < 4.78 is 0.0244. The fourth-order valence-corrected chi connectivity index (χ4v) is 17.9. The van der Waals surface area contributed by atoms with Crippen molar-refractivity contribution in [2.45, 2.75) is 84.0 Å². The molecule has 0 aromatic heterocycles. The minimum Gasteiger partial charge on any atom is -0.481 e. The number of thioether (sulfide) groups is 4. The van der Waals surface area contributed by atoms with Crippen LogP contribution in [0.3, 0.4) is 0 Å². The van der Waals surface area contributed by atoms with Gasteiger partial charge in [0.1, 0.15) is 6.04 Å². The standard InChI is InChI=1S/C16H20N2OS.C15H19N3OS.C8H4Br4Cl2.C8H4Cl2O2.C8H8Cl2.C5H8O2S.C4H7NO2S/c19-16(12-7-10-20-11-12)18-9-8-17(13-5-6-13)14-3-1-2-4-15(14)18;19-15(12-9-20-10-16-12)18-8-7-17(11-5-6-11)13-3-1-2-4-14(13)18;9-7(10)3-1-5(13)4(8(11)12)2-6(3)14;9-7-1-5(3-11)8(10)2-6(7)4-12;1-5-3-8(10)6(2)4-7(5)9;6-5(7)4-1-2-8-3-4;6-4(7)3-1-8-2-5-3/h1-4,12-13H,5-11H2;1-4,11-12,16H,5-10H2;1-2,7-8H;1-4H;3-4H,1-2H3;4H,1-3H2,(H,6,7);3,5H,1-2H2,(H,6,7)/t2*12-;;;;4-;3-/m00...00/s1. The van der Waals surface area contributed by atoms with Crippen molar-refractivity contribution in [3.8, 4) is 0 Å². The van der Waals surface area contributed by atoms with E-state index in [2.05, 4.69) is 127 Å². The lowest BCUT2D eigenvalue weighted by Gasteiger charge is -2.38. The van der Waals surface area contributed by atoms with Crippen LogP contribution < -0.4 is 30.2 Å². The molecule has 2 saturated carbocycles. The molecular formula is C64H70Br4Cl6N6O8S4. The van der Waals surface area contributed by atoms with Crippen molar-refractivity contribution in [1.82, 2.24) is 10.6 Å². The zero-order chi connectivity index (χ0) is 66.8. The van der Waals surface area contributed by atoms with Gasteiger partial charge in [-0.25, -0.2) is 0 Å². The number of amides is 2. The van der Waals surface area contributed by atoms with E-state index in [1.165, 1.54) is 49.2 Å². The van der Waals surface area contributed by atoms with Crippen molar-refractivity contribution < 1.29 is 39.0 Å². The van der Waals surface area contributed by atoms with Gasteiger partial charge in [0.05, 0.1) is 52.2 Å². The largest absolute Gasteiger partial charge is 0.481 e. The van der Waals surface area contributed by atoms with E-state index >= 15 is 0 Å². The van der Waals surface area contributed by atoms with Crippen LogP contribution >= 0.6 is 180 Å². The first kappa shape index (κ1) is 77.3. The van der Waals surface area contributed by atoms with E-state index in [1.807, 2.05) is 65.7 Å². The normalized spacial score (nSPS) is 20.2. The monoisotopic (exact) mass is 1700 g/mol. The van der Waals surface area contributed by atoms with Gasteiger partial charge in [0, 0.05) is 110 Å². The molecule has 92 heavy (non-hydrogen) atoms. The van der Waals surface area contributed by atoms with E-state index in [-0.39, 0.29) is 58.5 Å². The Morgan fingerprint density at radius 2 is 0.891 bits per heavy atom. The lowest BCUT2D eigenvalue weighted by atomic mass is 10.1. The first-order valence-electron chi connectivity index (χ1n) is 29.5. The highest BCUT2D eigenvalue weighted by molar-refractivity contribution is 9.24. The Kier molecular flexibility index (Phi) is 32.2. The molecule has 0 unspecified atom stereocenters. The number of anilines is 4. The van der Waals surface area contributed by atoms with Crippen LogP contribution in [0, 0.1) is 25.7 Å². The summed E-state index contributed by atoms with van der Waals surface area (Å²) in [7, 11) is 0. The Morgan fingerprint density at radius 3 is 1.22 bits per heavy atom. The average Bonchev–Trinajstić information content (AvgIpc) is 1.58. The predicted molar refractivity (Wildman–Crippen MR) is 404 cm³/mol. The average molecular weight is 1710 g/mol. The Hall–Kier alpha value is -2.10. The van der Waals surface area contributed by atoms with Gasteiger partial charge in [-0.1, -0.05) is 158 Å². The maximum Gasteiger partial charge on any atom is 0.321 e. The van der Waals surface area contributed by atoms with E-state index in [9.17, 15) is 28.8 Å². The Bertz CT molecular complexity index is 3120. The zero-order valence-corrected chi connectivity index (χ0v) is 64.3. The van der Waals surface area contributed by atoms with Gasteiger partial charge < -0.3 is 29.8 Å². The summed E-state index contributed by atoms with van der Waals surface area (Å²) in [6.45, 7) is 7.50. The number of aliphatic carboxylic acids is 2. The summed E-state index contributed by atoms with van der Waals surface area (Å²) in [5.74, 6) is 6.63. The molecule has 6 aliphatic heterocycles. The molecule has 28 heteroatoms. The van der Waals surface area contributed by atoms with Gasteiger partial charge in [-0.2, -0.15) is 23.5 Å². The van der Waals surface area contributed by atoms with Gasteiger partial charge in [-0.05, 0) is 147 Å². The van der Waals surface area contributed by atoms with E-state index in [0.29, 0.717) is 40.3 Å². The molecule has 13 rings (SSSR count). The van der Waals surface area contributed by atoms with Crippen molar-refractivity contribution in [2.24, 2.45) is 11.8 Å². The molecule has 2 amide bonds. The van der Waals surface area contributed by atoms with Crippen LogP contribution in [-0.2, 0) is 19.2 Å². The zero-order valence-electron chi connectivity index (χ0n) is 50.1. The number of carboxylic acid groups (broad SMARTS) is 2. The summed E-state index contributed by atoms with van der Waals surface area (Å²) in [6, 6.07) is 28.0. The van der Waals surface area contributed by atoms with Gasteiger partial charge in [0.25, 0.3) is 0 Å². The third-order valence-electron chi connectivity index (χ3n) is 15.6. The number of nitrogens with one attached hydrogen (secondary N) is 2. The number of benzene rings is 5. The molecule has 0 bridgehead atoms. The Morgan fingerprint density at radius 1 is 0.489 bits per heavy atom. The summed E-state index contributed by atoms with van der Waals surface area (Å²) in [4.78, 5) is 75.5. The van der Waals surface area contributed by atoms with Crippen LogP contribution in [0.1, 0.15) is 89.0 Å². The minimum absolute atomic E-state index is 0.0122. The summed E-state index contributed by atoms with van der Waals surface area (Å²) in [6.07, 6.45) is 8.29. The highest BCUT2D eigenvalue weighted by atomic mass is 79.9. The number of halogens is 10. The number of hydrogen-bond acceptors (Lipinski definition) is 14. The minimum atomic E-state index is -0.741. The van der Waals surface area contributed by atoms with Crippen molar-refractivity contribution >= 4 is 239 Å². The number of carboxylic acids is 2. The molecule has 4 saturated heterocycles. The molecule has 4 atom stereocenters. The van der Waals surface area contributed by atoms with Crippen LogP contribution in [-0.4, -0.2) is 143 Å². The van der Waals surface area contributed by atoms with Gasteiger partial charge in [-0.15, -0.1) is 23.5 Å². The van der Waals surface area contributed by atoms with Crippen LogP contribution in [0.5, 0.6) is 0 Å². The second kappa shape index (κ2) is 38.3. The van der Waals surface area contributed by atoms with Crippen molar-refractivity contribution in [3.05, 3.63) is 148 Å². The highest BCUT2D eigenvalue weighted by Gasteiger charge is 2.39. The van der Waals surface area contributed by atoms with E-state index in [0.717, 1.165) is 129 Å². The SMILES string of the molecule is Cc1cc(Cl)c(C)cc1Cl.Clc1cc(C(Br)Br)c(Cl)cc1C(Br)Br.O=C(O)[C@@H]1CSCN1.O=C(O)[C@H]1CCSC1.O=C([C@@H]1CSCN1)N1CCN(C2CC2)c2ccccc21.O=C([C@H]1CCSC1)N1CCN(C2CC2)c2ccccc21.O=Cc1cc(Cl)c(C=O)cc1Cl. The van der Waals surface area contributed by atoms with Crippen LogP contribution in [0.2, 0.25) is 30.1 Å². The first-order valence-corrected chi connectivity index (χ1v) is 40.0. The maximum absolute atomic E-state index is 12.7. The Labute approximate surface area is 619 Å². The molecule has 8 aliphatic rings. The lowest BCUT2D eigenvalue weighted by molar-refractivity contribution is -0.141. The maximum atomic E-state index is 12.7. The summed E-state index contributed by atoms with van der Waals surface area (Å²) >= 11 is 55.7. The van der Waals surface area contributed by atoms with Gasteiger partial charge in [0.15, 0.2) is 12.6 Å². The fraction of sp³-hybridized carbons (Fsp3) is 0.438. The van der Waals surface area contributed by atoms with Crippen molar-refractivity contribution in [3.63, 3.8) is 0 Å². The molecule has 6 fully saturated rings. The van der Waals surface area contributed by atoms with Crippen LogP contribution in [0.15, 0.2) is 84.9 Å². The quantitative estimate of drug-likeness (QED) is 0.0765. The highest BCUT2D eigenvalue weighted by Crippen LogP contribution is 2.44. The summed E-state index contributed by atoms with van der Waals surface area (Å²) in [5.41, 5.74) is 9.18. The third kappa shape index (κ3) is 22.5. The number of fused-ring (bicyclic) bond motifs is 2. The smallest absolute Gasteiger partial charge is 0.321 e. The van der Waals surface area contributed by atoms with Gasteiger partial charge in [0.2, 0.25) is 11.8 Å². The first-order chi connectivity index (χ1) is 44.0. The summed E-state index contributed by atoms with van der Waals surface area (Å²) in [5, 5.41) is 26.2. The number of para-hydroxylation sites is 4. The third-order valence-corrected chi connectivity index (χ3v) is 23.9. The number of carbonyl (C=O) groups is 6. The van der Waals surface area contributed by atoms with Crippen molar-refractivity contribution in [2.75, 3.05) is 92.0 Å². The molecule has 6 heterocycles. The second-order valence-electron chi connectivity index (χ2n) is 22.1. The molecule has 5 aromatic carbocycles. The number of aldehydes is 2. The molecule has 4 N–H and O–H groups in total. The number of nitrogens with zero attached hydrogens (tertiary/aromatic N) is 4. The molecule has 498 valence electrons. The van der Waals surface area contributed by atoms with Crippen LogP contribution in [0.25, 0.3) is 0 Å². The molecule has 0 radical (unpaired) electrons. The molecule has 5 aromatic rings. The van der Waals surface area contributed by atoms with Crippen LogP contribution in [0.4, 0.5) is 22.7 Å². The Balaban J connectivity index is 0.000000157. The van der Waals surface area contributed by atoms with Gasteiger partial charge in [-0.3, -0.25) is 39.4 Å². The van der Waals surface area contributed by atoms with Gasteiger partial charge >= 0.3 is 11.9 Å². The molecule has 14 nitrogen and oxygen atoms in total. The number of carbonyl (C=O) groups excluding carboxylic acids is 4. The number of alkyl halides is 4. The number of hydrogen-bond donors (Lipinski definition) is 4. The van der Waals surface area contributed by atoms with E-state index < -0.39 is 11.9 Å². The fourth-order valence-electron chi connectivity index (χ4n) is 10.1. The predicted octanol–water partition coefficient (Wildman–Crippen LogP) is 17.8. The van der Waals surface area contributed by atoms with E-state index in [4.69, 9.17) is 79.8 Å². The number of aryl methyl sites for hydroxylation is 2. The molecular weight excluding hydrogens is 1640 g/mol. The lowest BCUT2D eigenvalue weighted by Crippen LogP contribution is -2.51. The number of rotatable bonds is 10. The topological polar surface area (TPSA) is 180 Å². The van der Waals surface area contributed by atoms with Crippen molar-refractivity contribution in [1.29, 1.82) is 0 Å². The molecule has 2 aliphatic carbocycles. The molecule has 0 spiro atoms. The van der Waals surface area contributed by atoms with E-state index in [1.54, 1.807) is 35.3 Å². The second-order valence-corrected chi connectivity index (χ2v) is 35.0.